The van der Waals surface area contributed by atoms with Crippen molar-refractivity contribution >= 4 is 28.5 Å². The van der Waals surface area contributed by atoms with Gasteiger partial charge in [-0.2, -0.15) is 0 Å². The molecular formula is C33H43N3O5. The molecule has 0 bridgehead atoms. The van der Waals surface area contributed by atoms with Gasteiger partial charge in [-0.15, -0.1) is 0 Å². The number of oxime groups is 1. The van der Waals surface area contributed by atoms with Gasteiger partial charge >= 0.3 is 5.97 Å². The molecule has 3 fully saturated rings. The number of hydrogen-bond donors (Lipinski definition) is 4. The standard InChI is InChI=1S/C33H43N3O5/c1-31-13-10-22(17-21(31)8-9-24-25(31)11-14-32(2)26(24)12-15-33(32,3)40)36-41-19-29(37)35-28(30(38)39)16-20-18-34-27-7-5-4-6-23(20)27/h4-7,17-18,24-26,28,34,40H,8-16,19H2,1-3H3,(H,35,37)(H,38,39)/t24-,25+,26-,28-,31+,32+,33+/m1/s1. The van der Waals surface area contributed by atoms with Crippen LogP contribution in [0.2, 0.25) is 0 Å². The molecule has 4 N–H and O–H groups in total. The zero-order valence-corrected chi connectivity index (χ0v) is 24.4. The highest BCUT2D eigenvalue weighted by Crippen LogP contribution is 2.67. The van der Waals surface area contributed by atoms with Gasteiger partial charge < -0.3 is 25.4 Å². The number of aromatic amines is 1. The van der Waals surface area contributed by atoms with E-state index in [0.29, 0.717) is 17.8 Å². The number of amides is 1. The SMILES string of the molecule is C[C@]12CCC(=NOCC(=O)N[C@H](Cc3c[nH]c4ccccc34)C(=O)O)C=C1CC[C@H]1[C@H]3CC[C@](C)(O)[C@@]3(C)CC[C@@H]12. The van der Waals surface area contributed by atoms with Crippen molar-refractivity contribution in [3.05, 3.63) is 47.7 Å². The molecule has 8 nitrogen and oxygen atoms in total. The normalized spacial score (nSPS) is 36.1. The van der Waals surface area contributed by atoms with Gasteiger partial charge in [0.1, 0.15) is 6.04 Å². The molecule has 0 radical (unpaired) electrons. The first-order chi connectivity index (χ1) is 19.5. The summed E-state index contributed by atoms with van der Waals surface area (Å²) in [6.45, 7) is 6.48. The predicted molar refractivity (Wildman–Crippen MR) is 157 cm³/mol. The number of hydrogen-bond acceptors (Lipinski definition) is 5. The zero-order chi connectivity index (χ0) is 29.0. The lowest BCUT2D eigenvalue weighted by Gasteiger charge is -2.59. The maximum absolute atomic E-state index is 12.6. The maximum atomic E-state index is 12.6. The molecule has 4 aliphatic carbocycles. The van der Waals surface area contributed by atoms with Gasteiger partial charge in [-0.05, 0) is 105 Å². The summed E-state index contributed by atoms with van der Waals surface area (Å²) >= 11 is 0. The second-order valence-electron chi connectivity index (χ2n) is 13.6. The first-order valence-corrected chi connectivity index (χ1v) is 15.2. The Bertz CT molecular complexity index is 1410. The second-order valence-corrected chi connectivity index (χ2v) is 13.6. The van der Waals surface area contributed by atoms with Gasteiger partial charge in [0.2, 0.25) is 0 Å². The van der Waals surface area contributed by atoms with Crippen molar-refractivity contribution in [1.29, 1.82) is 0 Å². The smallest absolute Gasteiger partial charge is 0.326 e. The van der Waals surface area contributed by atoms with Gasteiger partial charge in [0.05, 0.1) is 11.3 Å². The van der Waals surface area contributed by atoms with Crippen LogP contribution >= 0.6 is 0 Å². The monoisotopic (exact) mass is 561 g/mol. The van der Waals surface area contributed by atoms with Gasteiger partial charge in [0.25, 0.3) is 5.91 Å². The largest absolute Gasteiger partial charge is 0.480 e. The molecule has 4 aliphatic rings. The Morgan fingerprint density at radius 1 is 1.10 bits per heavy atom. The number of nitrogens with one attached hydrogen (secondary N) is 2. The van der Waals surface area contributed by atoms with Gasteiger partial charge in [0.15, 0.2) is 6.61 Å². The molecule has 1 aromatic heterocycles. The van der Waals surface area contributed by atoms with Gasteiger partial charge in [0, 0.05) is 23.5 Å². The Morgan fingerprint density at radius 3 is 2.68 bits per heavy atom. The number of allylic oxidation sites excluding steroid dienone is 2. The van der Waals surface area contributed by atoms with Crippen molar-refractivity contribution in [2.24, 2.45) is 33.7 Å². The average molecular weight is 562 g/mol. The minimum Gasteiger partial charge on any atom is -0.480 e. The summed E-state index contributed by atoms with van der Waals surface area (Å²) in [5, 5.41) is 28.7. The summed E-state index contributed by atoms with van der Waals surface area (Å²) in [5.74, 6) is 0.291. The lowest BCUT2D eigenvalue weighted by atomic mass is 9.46. The molecule has 8 heteroatoms. The van der Waals surface area contributed by atoms with Crippen LogP contribution in [0, 0.1) is 28.6 Å². The number of para-hydroxylation sites is 1. The number of aliphatic carboxylic acids is 1. The Hall–Kier alpha value is -3.13. The fourth-order valence-corrected chi connectivity index (χ4v) is 9.02. The Balaban J connectivity index is 1.07. The molecule has 0 aliphatic heterocycles. The minimum absolute atomic E-state index is 0.0243. The number of carbonyl (C=O) groups excluding carboxylic acids is 1. The molecule has 3 saturated carbocycles. The van der Waals surface area contributed by atoms with Crippen molar-refractivity contribution in [3.63, 3.8) is 0 Å². The number of carbonyl (C=O) groups is 2. The summed E-state index contributed by atoms with van der Waals surface area (Å²) in [6.07, 6.45) is 12.4. The van der Waals surface area contributed by atoms with Crippen LogP contribution in [0.1, 0.15) is 77.7 Å². The van der Waals surface area contributed by atoms with Crippen molar-refractivity contribution < 1.29 is 24.6 Å². The molecule has 1 aromatic carbocycles. The number of aromatic nitrogens is 1. The molecule has 0 unspecified atom stereocenters. The molecule has 1 heterocycles. The van der Waals surface area contributed by atoms with E-state index in [1.54, 1.807) is 6.20 Å². The number of carboxylic acid groups (broad SMARTS) is 1. The molecule has 7 atom stereocenters. The van der Waals surface area contributed by atoms with Crippen LogP contribution in [0.4, 0.5) is 0 Å². The minimum atomic E-state index is -1.09. The van der Waals surface area contributed by atoms with E-state index >= 15 is 0 Å². The van der Waals surface area contributed by atoms with E-state index < -0.39 is 23.5 Å². The fraction of sp³-hybridized carbons (Fsp3) is 0.606. The lowest BCUT2D eigenvalue weighted by Crippen LogP contribution is -2.53. The number of rotatable bonds is 7. The number of fused-ring (bicyclic) bond motifs is 6. The van der Waals surface area contributed by atoms with Crippen LogP contribution in [0.25, 0.3) is 10.9 Å². The lowest BCUT2D eigenvalue weighted by molar-refractivity contribution is -0.142. The number of H-pyrrole nitrogens is 1. The molecule has 1 amide bonds. The average Bonchev–Trinajstić information content (AvgIpc) is 3.45. The molecule has 0 spiro atoms. The molecule has 220 valence electrons. The van der Waals surface area contributed by atoms with E-state index in [4.69, 9.17) is 4.84 Å². The Kier molecular flexibility index (Phi) is 7.04. The highest BCUT2D eigenvalue weighted by atomic mass is 16.6. The summed E-state index contributed by atoms with van der Waals surface area (Å²) in [7, 11) is 0. The molecule has 2 aromatic rings. The number of carboxylic acids is 1. The van der Waals surface area contributed by atoms with Crippen LogP contribution in [-0.4, -0.2) is 51.0 Å². The topological polar surface area (TPSA) is 124 Å². The first kappa shape index (κ1) is 28.0. The van der Waals surface area contributed by atoms with E-state index in [0.717, 1.165) is 73.5 Å². The fourth-order valence-electron chi connectivity index (χ4n) is 9.02. The van der Waals surface area contributed by atoms with Crippen molar-refractivity contribution in [2.75, 3.05) is 6.61 Å². The summed E-state index contributed by atoms with van der Waals surface area (Å²) in [4.78, 5) is 33.0. The van der Waals surface area contributed by atoms with Crippen molar-refractivity contribution in [2.45, 2.75) is 90.2 Å². The van der Waals surface area contributed by atoms with Gasteiger partial charge in [-0.25, -0.2) is 4.79 Å². The highest BCUT2D eigenvalue weighted by molar-refractivity contribution is 5.96. The van der Waals surface area contributed by atoms with Crippen LogP contribution in [0.3, 0.4) is 0 Å². The van der Waals surface area contributed by atoms with Gasteiger partial charge in [-0.1, -0.05) is 42.8 Å². The quantitative estimate of drug-likeness (QED) is 0.339. The Morgan fingerprint density at radius 2 is 1.88 bits per heavy atom. The number of benzene rings is 1. The van der Waals surface area contributed by atoms with Crippen LogP contribution in [0.5, 0.6) is 0 Å². The van der Waals surface area contributed by atoms with E-state index in [1.807, 2.05) is 24.3 Å². The van der Waals surface area contributed by atoms with E-state index in [1.165, 1.54) is 5.57 Å². The van der Waals surface area contributed by atoms with Crippen LogP contribution in [-0.2, 0) is 20.8 Å². The highest BCUT2D eigenvalue weighted by Gasteiger charge is 2.62. The summed E-state index contributed by atoms with van der Waals surface area (Å²) < 4.78 is 0. The zero-order valence-electron chi connectivity index (χ0n) is 24.4. The summed E-state index contributed by atoms with van der Waals surface area (Å²) in [6, 6.07) is 6.62. The first-order valence-electron chi connectivity index (χ1n) is 15.2. The van der Waals surface area contributed by atoms with E-state index in [-0.39, 0.29) is 23.9 Å². The molecule has 0 saturated heterocycles. The maximum Gasteiger partial charge on any atom is 0.326 e. The number of nitrogens with zero attached hydrogens (tertiary/aromatic N) is 1. The van der Waals surface area contributed by atoms with Crippen molar-refractivity contribution in [1.82, 2.24) is 10.3 Å². The van der Waals surface area contributed by atoms with E-state index in [9.17, 15) is 19.8 Å². The van der Waals surface area contributed by atoms with Crippen LogP contribution in [0.15, 0.2) is 47.3 Å². The van der Waals surface area contributed by atoms with Gasteiger partial charge in [-0.3, -0.25) is 4.79 Å². The van der Waals surface area contributed by atoms with Crippen molar-refractivity contribution in [3.8, 4) is 0 Å². The third-order valence-electron chi connectivity index (χ3n) is 11.6. The molecule has 6 rings (SSSR count). The molecular weight excluding hydrogens is 518 g/mol. The number of aliphatic hydroxyl groups is 1. The van der Waals surface area contributed by atoms with E-state index in [2.05, 4.69) is 42.3 Å². The third-order valence-corrected chi connectivity index (χ3v) is 11.6. The van der Waals surface area contributed by atoms with Crippen LogP contribution < -0.4 is 5.32 Å². The summed E-state index contributed by atoms with van der Waals surface area (Å²) in [5.41, 5.74) is 3.66. The Labute approximate surface area is 241 Å². The molecule has 41 heavy (non-hydrogen) atoms. The second kappa shape index (κ2) is 10.3. The third kappa shape index (κ3) is 4.78. The predicted octanol–water partition coefficient (Wildman–Crippen LogP) is 5.37.